The number of nitrogens with one attached hydrogen (secondary N) is 1. The van der Waals surface area contributed by atoms with Gasteiger partial charge >= 0.3 is 0 Å². The minimum atomic E-state index is -0.559. The van der Waals surface area contributed by atoms with Crippen molar-refractivity contribution in [3.8, 4) is 11.8 Å². The van der Waals surface area contributed by atoms with Crippen LogP contribution in [-0.2, 0) is 0 Å². The molecule has 1 aromatic carbocycles. The third kappa shape index (κ3) is 3.34. The van der Waals surface area contributed by atoms with E-state index in [9.17, 15) is 8.78 Å². The lowest BCUT2D eigenvalue weighted by molar-refractivity contribution is 0.535. The first-order valence-corrected chi connectivity index (χ1v) is 4.73. The maximum atomic E-state index is 13.3. The summed E-state index contributed by atoms with van der Waals surface area (Å²) in [6.07, 6.45) is 0. The topological polar surface area (TPSA) is 12.0 Å². The van der Waals surface area contributed by atoms with Crippen molar-refractivity contribution in [2.24, 2.45) is 0 Å². The van der Waals surface area contributed by atoms with Gasteiger partial charge in [-0.05, 0) is 19.9 Å². The lowest BCUT2D eigenvalue weighted by atomic mass is 10.1. The second-order valence-corrected chi connectivity index (χ2v) is 3.20. The Balaban J connectivity index is 2.71. The van der Waals surface area contributed by atoms with Crippen molar-refractivity contribution in [1.29, 1.82) is 0 Å². The highest BCUT2D eigenvalue weighted by Gasteiger charge is 2.10. The first-order chi connectivity index (χ1) is 7.15. The second-order valence-electron chi connectivity index (χ2n) is 3.20. The van der Waals surface area contributed by atoms with E-state index in [1.165, 1.54) is 12.1 Å². The van der Waals surface area contributed by atoms with Gasteiger partial charge in [-0.15, -0.1) is 5.92 Å². The summed E-state index contributed by atoms with van der Waals surface area (Å²) in [6.45, 7) is 4.05. The summed E-state index contributed by atoms with van der Waals surface area (Å²) in [6, 6.07) is 3.41. The van der Waals surface area contributed by atoms with Crippen molar-refractivity contribution in [3.63, 3.8) is 0 Å². The van der Waals surface area contributed by atoms with Gasteiger partial charge in [0.15, 0.2) is 0 Å². The van der Waals surface area contributed by atoms with E-state index in [1.807, 2.05) is 6.92 Å². The Bertz CT molecular complexity index is 390. The molecule has 1 unspecified atom stereocenters. The predicted octanol–water partition coefficient (Wildman–Crippen LogP) is 2.64. The van der Waals surface area contributed by atoms with Gasteiger partial charge in [0, 0.05) is 17.7 Å². The van der Waals surface area contributed by atoms with Crippen LogP contribution in [0.5, 0.6) is 0 Å². The molecule has 0 heterocycles. The number of rotatable bonds is 3. The highest BCUT2D eigenvalue weighted by Crippen LogP contribution is 2.17. The zero-order valence-corrected chi connectivity index (χ0v) is 8.77. The molecule has 80 valence electrons. The number of hydrogen-bond donors (Lipinski definition) is 1. The summed E-state index contributed by atoms with van der Waals surface area (Å²) in [5, 5.41) is 3.02. The van der Waals surface area contributed by atoms with Crippen LogP contribution in [0, 0.1) is 23.5 Å². The highest BCUT2D eigenvalue weighted by atomic mass is 19.1. The van der Waals surface area contributed by atoms with Crippen LogP contribution in [0.2, 0.25) is 0 Å². The zero-order valence-electron chi connectivity index (χ0n) is 8.77. The number of benzene rings is 1. The fourth-order valence-electron chi connectivity index (χ4n) is 1.26. The SMILES string of the molecule is CC#CCNC(C)c1ccc(F)cc1F. The van der Waals surface area contributed by atoms with E-state index in [0.29, 0.717) is 12.1 Å². The first kappa shape index (κ1) is 11.7. The fourth-order valence-corrected chi connectivity index (χ4v) is 1.26. The molecule has 1 atom stereocenters. The van der Waals surface area contributed by atoms with Gasteiger partial charge in [-0.25, -0.2) is 8.78 Å². The van der Waals surface area contributed by atoms with E-state index in [1.54, 1.807) is 6.92 Å². The summed E-state index contributed by atoms with van der Waals surface area (Å²) in [5.41, 5.74) is 0.453. The molecule has 0 aliphatic rings. The quantitative estimate of drug-likeness (QED) is 0.754. The molecule has 0 fully saturated rings. The van der Waals surface area contributed by atoms with Crippen LogP contribution in [0.4, 0.5) is 8.78 Å². The molecule has 15 heavy (non-hydrogen) atoms. The van der Waals surface area contributed by atoms with Crippen LogP contribution >= 0.6 is 0 Å². The van der Waals surface area contributed by atoms with Gasteiger partial charge in [0.25, 0.3) is 0 Å². The molecule has 3 heteroatoms. The van der Waals surface area contributed by atoms with Gasteiger partial charge in [-0.1, -0.05) is 12.0 Å². The van der Waals surface area contributed by atoms with Crippen molar-refractivity contribution in [3.05, 3.63) is 35.4 Å². The number of halogens is 2. The molecule has 0 aliphatic carbocycles. The lowest BCUT2D eigenvalue weighted by Gasteiger charge is -2.12. The van der Waals surface area contributed by atoms with Gasteiger partial charge in [-0.3, -0.25) is 5.32 Å². The van der Waals surface area contributed by atoms with Gasteiger partial charge in [0.2, 0.25) is 0 Å². The smallest absolute Gasteiger partial charge is 0.130 e. The predicted molar refractivity (Wildman–Crippen MR) is 56.2 cm³/mol. The standard InChI is InChI=1S/C12H13F2N/c1-3-4-7-15-9(2)11-6-5-10(13)8-12(11)14/h5-6,8-9,15H,7H2,1-2H3. The average Bonchev–Trinajstić information content (AvgIpc) is 2.17. The molecule has 1 N–H and O–H groups in total. The fraction of sp³-hybridized carbons (Fsp3) is 0.333. The average molecular weight is 209 g/mol. The third-order valence-corrected chi connectivity index (χ3v) is 2.10. The molecule has 0 radical (unpaired) electrons. The van der Waals surface area contributed by atoms with Crippen LogP contribution in [0.3, 0.4) is 0 Å². The van der Waals surface area contributed by atoms with E-state index in [0.717, 1.165) is 6.07 Å². The molecule has 1 aromatic rings. The molecule has 0 aliphatic heterocycles. The Kier molecular flexibility index (Phi) is 4.26. The van der Waals surface area contributed by atoms with Gasteiger partial charge < -0.3 is 0 Å². The lowest BCUT2D eigenvalue weighted by Crippen LogP contribution is -2.19. The van der Waals surface area contributed by atoms with Crippen molar-refractivity contribution in [2.45, 2.75) is 19.9 Å². The summed E-state index contributed by atoms with van der Waals surface area (Å²) in [4.78, 5) is 0. The molecule has 0 spiro atoms. The van der Waals surface area contributed by atoms with E-state index < -0.39 is 11.6 Å². The van der Waals surface area contributed by atoms with Crippen LogP contribution < -0.4 is 5.32 Å². The molecule has 0 saturated carbocycles. The molecular weight excluding hydrogens is 196 g/mol. The Morgan fingerprint density at radius 1 is 1.40 bits per heavy atom. The van der Waals surface area contributed by atoms with Gasteiger partial charge in [-0.2, -0.15) is 0 Å². The van der Waals surface area contributed by atoms with E-state index in [2.05, 4.69) is 17.2 Å². The number of hydrogen-bond acceptors (Lipinski definition) is 1. The van der Waals surface area contributed by atoms with Crippen LogP contribution in [0.15, 0.2) is 18.2 Å². The largest absolute Gasteiger partial charge is 0.299 e. The molecule has 1 nitrogen and oxygen atoms in total. The van der Waals surface area contributed by atoms with E-state index >= 15 is 0 Å². The molecule has 0 amide bonds. The Morgan fingerprint density at radius 3 is 2.73 bits per heavy atom. The van der Waals surface area contributed by atoms with E-state index in [4.69, 9.17) is 0 Å². The summed E-state index contributed by atoms with van der Waals surface area (Å²) < 4.78 is 25.9. The monoisotopic (exact) mass is 209 g/mol. The highest BCUT2D eigenvalue weighted by molar-refractivity contribution is 5.21. The maximum Gasteiger partial charge on any atom is 0.130 e. The summed E-state index contributed by atoms with van der Waals surface area (Å²) >= 11 is 0. The van der Waals surface area contributed by atoms with Crippen LogP contribution in [0.25, 0.3) is 0 Å². The minimum Gasteiger partial charge on any atom is -0.299 e. The van der Waals surface area contributed by atoms with Gasteiger partial charge in [0.1, 0.15) is 11.6 Å². The zero-order chi connectivity index (χ0) is 11.3. The third-order valence-electron chi connectivity index (χ3n) is 2.10. The summed E-state index contributed by atoms with van der Waals surface area (Å²) in [7, 11) is 0. The maximum absolute atomic E-state index is 13.3. The van der Waals surface area contributed by atoms with Crippen molar-refractivity contribution in [1.82, 2.24) is 5.32 Å². The Morgan fingerprint density at radius 2 is 2.13 bits per heavy atom. The molecule has 1 rings (SSSR count). The summed E-state index contributed by atoms with van der Waals surface area (Å²) in [5.74, 6) is 4.47. The Labute approximate surface area is 88.5 Å². The normalized spacial score (nSPS) is 11.7. The molecular formula is C12H13F2N. The van der Waals surface area contributed by atoms with E-state index in [-0.39, 0.29) is 6.04 Å². The first-order valence-electron chi connectivity index (χ1n) is 4.73. The van der Waals surface area contributed by atoms with Crippen molar-refractivity contribution in [2.75, 3.05) is 6.54 Å². The van der Waals surface area contributed by atoms with Gasteiger partial charge in [0.05, 0.1) is 6.54 Å². The van der Waals surface area contributed by atoms with Crippen molar-refractivity contribution < 1.29 is 8.78 Å². The van der Waals surface area contributed by atoms with Crippen LogP contribution in [-0.4, -0.2) is 6.54 Å². The van der Waals surface area contributed by atoms with Crippen LogP contribution in [0.1, 0.15) is 25.5 Å². The molecule has 0 aromatic heterocycles. The minimum absolute atomic E-state index is 0.175. The van der Waals surface area contributed by atoms with Crippen molar-refractivity contribution >= 4 is 0 Å². The molecule has 0 saturated heterocycles. The second kappa shape index (κ2) is 5.47. The Hall–Kier alpha value is -1.40. The molecule has 0 bridgehead atoms.